The molecule has 0 bridgehead atoms. The Balaban J connectivity index is 1.85. The number of imidazole rings is 1. The summed E-state index contributed by atoms with van der Waals surface area (Å²) in [5, 5.41) is 7.34. The van der Waals surface area contributed by atoms with Crippen molar-refractivity contribution in [1.82, 2.24) is 24.5 Å². The van der Waals surface area contributed by atoms with Gasteiger partial charge in [0.05, 0.1) is 23.5 Å². The molecule has 120 valence electrons. The Morgan fingerprint density at radius 1 is 1.35 bits per heavy atom. The normalized spacial score (nSPS) is 11.7. The van der Waals surface area contributed by atoms with Gasteiger partial charge in [0.25, 0.3) is 5.91 Å². The van der Waals surface area contributed by atoms with Crippen LogP contribution in [0, 0.1) is 0 Å². The standard InChI is InChI=1S/C12H13N7O3S/c1-23(21,22)16-10-6-18(17-15-10)7-11(20)19-9-5-3-2-4-8(9)14-12(19)13/h2-6,16H,7H2,1H3,(H2,13,14). The molecule has 0 aliphatic heterocycles. The van der Waals surface area contributed by atoms with E-state index in [2.05, 4.69) is 20.0 Å². The Labute approximate surface area is 131 Å². The molecule has 0 saturated carbocycles. The molecule has 3 N–H and O–H groups in total. The second-order valence-electron chi connectivity index (χ2n) is 4.86. The highest BCUT2D eigenvalue weighted by Crippen LogP contribution is 2.17. The Morgan fingerprint density at radius 2 is 2.09 bits per heavy atom. The highest BCUT2D eigenvalue weighted by Gasteiger charge is 2.16. The van der Waals surface area contributed by atoms with Gasteiger partial charge in [-0.25, -0.2) is 22.7 Å². The maximum atomic E-state index is 12.4. The SMILES string of the molecule is CS(=O)(=O)Nc1cn(CC(=O)n2c(N)nc3ccccc32)nn1. The maximum Gasteiger partial charge on any atom is 0.255 e. The summed E-state index contributed by atoms with van der Waals surface area (Å²) in [6.07, 6.45) is 2.31. The van der Waals surface area contributed by atoms with E-state index in [1.807, 2.05) is 0 Å². The Kier molecular flexibility index (Phi) is 3.48. The zero-order valence-electron chi connectivity index (χ0n) is 12.0. The predicted octanol–water partition coefficient (Wildman–Crippen LogP) is -0.0781. The van der Waals surface area contributed by atoms with Crippen molar-refractivity contribution in [2.45, 2.75) is 6.54 Å². The van der Waals surface area contributed by atoms with Gasteiger partial charge in [-0.15, -0.1) is 5.10 Å². The summed E-state index contributed by atoms with van der Waals surface area (Å²) >= 11 is 0. The fraction of sp³-hybridized carbons (Fsp3) is 0.167. The molecule has 0 spiro atoms. The van der Waals surface area contributed by atoms with E-state index in [0.717, 1.165) is 6.26 Å². The average Bonchev–Trinajstić information content (AvgIpc) is 2.99. The van der Waals surface area contributed by atoms with E-state index >= 15 is 0 Å². The molecule has 0 aliphatic carbocycles. The Bertz CT molecular complexity index is 989. The van der Waals surface area contributed by atoms with Gasteiger partial charge in [0.1, 0.15) is 6.54 Å². The van der Waals surface area contributed by atoms with E-state index in [1.54, 1.807) is 24.3 Å². The molecular formula is C12H13N7O3S. The molecule has 0 amide bonds. The molecule has 0 unspecified atom stereocenters. The largest absolute Gasteiger partial charge is 0.369 e. The van der Waals surface area contributed by atoms with Gasteiger partial charge in [0, 0.05) is 0 Å². The first-order valence-electron chi connectivity index (χ1n) is 6.47. The van der Waals surface area contributed by atoms with Gasteiger partial charge in [-0.3, -0.25) is 9.52 Å². The molecular weight excluding hydrogens is 322 g/mol. The summed E-state index contributed by atoms with van der Waals surface area (Å²) in [7, 11) is -3.46. The van der Waals surface area contributed by atoms with Crippen LogP contribution in [0.3, 0.4) is 0 Å². The molecule has 3 aromatic rings. The third kappa shape index (κ3) is 3.13. The number of benzene rings is 1. The maximum absolute atomic E-state index is 12.4. The molecule has 11 heteroatoms. The van der Waals surface area contributed by atoms with Crippen LogP contribution in [-0.2, 0) is 16.6 Å². The van der Waals surface area contributed by atoms with Crippen molar-refractivity contribution in [3.05, 3.63) is 30.5 Å². The predicted molar refractivity (Wildman–Crippen MR) is 83.3 cm³/mol. The van der Waals surface area contributed by atoms with Gasteiger partial charge < -0.3 is 5.73 Å². The van der Waals surface area contributed by atoms with Crippen molar-refractivity contribution in [1.29, 1.82) is 0 Å². The lowest BCUT2D eigenvalue weighted by Gasteiger charge is -2.04. The van der Waals surface area contributed by atoms with Crippen LogP contribution in [0.5, 0.6) is 0 Å². The number of nitrogens with two attached hydrogens (primary N) is 1. The van der Waals surface area contributed by atoms with Crippen molar-refractivity contribution < 1.29 is 13.2 Å². The number of hydrogen-bond acceptors (Lipinski definition) is 7. The van der Waals surface area contributed by atoms with Crippen molar-refractivity contribution >= 4 is 38.7 Å². The highest BCUT2D eigenvalue weighted by atomic mass is 32.2. The summed E-state index contributed by atoms with van der Waals surface area (Å²) in [5.74, 6) is -0.262. The number of rotatable bonds is 4. The van der Waals surface area contributed by atoms with E-state index in [9.17, 15) is 13.2 Å². The van der Waals surface area contributed by atoms with Gasteiger partial charge in [-0.05, 0) is 12.1 Å². The van der Waals surface area contributed by atoms with Crippen LogP contribution >= 0.6 is 0 Å². The number of sulfonamides is 1. The monoisotopic (exact) mass is 335 g/mol. The van der Waals surface area contributed by atoms with E-state index in [4.69, 9.17) is 5.73 Å². The summed E-state index contributed by atoms with van der Waals surface area (Å²) in [4.78, 5) is 16.5. The van der Waals surface area contributed by atoms with Crippen molar-refractivity contribution in [3.63, 3.8) is 0 Å². The van der Waals surface area contributed by atoms with Gasteiger partial charge in [-0.1, -0.05) is 17.3 Å². The molecule has 2 heterocycles. The number of nitrogens with one attached hydrogen (secondary N) is 1. The fourth-order valence-corrected chi connectivity index (χ4v) is 2.60. The quantitative estimate of drug-likeness (QED) is 0.680. The van der Waals surface area contributed by atoms with Crippen molar-refractivity contribution in [2.24, 2.45) is 0 Å². The van der Waals surface area contributed by atoms with Crippen LogP contribution in [0.4, 0.5) is 11.8 Å². The minimum Gasteiger partial charge on any atom is -0.369 e. The molecule has 0 radical (unpaired) electrons. The summed E-state index contributed by atoms with van der Waals surface area (Å²) < 4.78 is 26.9. The number of nitrogen functional groups attached to an aromatic ring is 1. The van der Waals surface area contributed by atoms with Gasteiger partial charge in [0.2, 0.25) is 16.0 Å². The third-order valence-electron chi connectivity index (χ3n) is 2.96. The van der Waals surface area contributed by atoms with Crippen LogP contribution in [-0.4, -0.2) is 45.1 Å². The van der Waals surface area contributed by atoms with Gasteiger partial charge in [0.15, 0.2) is 5.82 Å². The van der Waals surface area contributed by atoms with Gasteiger partial charge in [-0.2, -0.15) is 0 Å². The molecule has 0 fully saturated rings. The zero-order valence-corrected chi connectivity index (χ0v) is 12.9. The first-order valence-corrected chi connectivity index (χ1v) is 8.37. The third-order valence-corrected chi connectivity index (χ3v) is 3.54. The van der Waals surface area contributed by atoms with E-state index in [-0.39, 0.29) is 24.2 Å². The minimum atomic E-state index is -3.46. The summed E-state index contributed by atoms with van der Waals surface area (Å²) in [5.41, 5.74) is 6.99. The van der Waals surface area contributed by atoms with Crippen LogP contribution in [0.25, 0.3) is 11.0 Å². The molecule has 23 heavy (non-hydrogen) atoms. The molecule has 0 aliphatic rings. The van der Waals surface area contributed by atoms with Crippen LogP contribution in [0.1, 0.15) is 4.79 Å². The molecule has 2 aromatic heterocycles. The minimum absolute atomic E-state index is 0.0313. The number of carbonyl (C=O) groups is 1. The van der Waals surface area contributed by atoms with E-state index in [0.29, 0.717) is 11.0 Å². The first-order chi connectivity index (χ1) is 10.8. The zero-order chi connectivity index (χ0) is 16.6. The van der Waals surface area contributed by atoms with E-state index in [1.165, 1.54) is 15.4 Å². The second-order valence-corrected chi connectivity index (χ2v) is 6.61. The number of carbonyl (C=O) groups excluding carboxylic acids is 1. The second kappa shape index (κ2) is 5.35. The molecule has 0 atom stereocenters. The van der Waals surface area contributed by atoms with Crippen molar-refractivity contribution in [3.8, 4) is 0 Å². The van der Waals surface area contributed by atoms with Crippen molar-refractivity contribution in [2.75, 3.05) is 16.7 Å². The Hall–Kier alpha value is -2.95. The van der Waals surface area contributed by atoms with Crippen LogP contribution in [0.15, 0.2) is 30.5 Å². The first kappa shape index (κ1) is 15.0. The molecule has 3 rings (SSSR count). The fourth-order valence-electron chi connectivity index (χ4n) is 2.13. The lowest BCUT2D eigenvalue weighted by molar-refractivity contribution is 0.0893. The summed E-state index contributed by atoms with van der Waals surface area (Å²) in [6, 6.07) is 7.05. The lowest BCUT2D eigenvalue weighted by atomic mass is 10.3. The average molecular weight is 335 g/mol. The van der Waals surface area contributed by atoms with Crippen LogP contribution < -0.4 is 10.5 Å². The van der Waals surface area contributed by atoms with Gasteiger partial charge >= 0.3 is 0 Å². The summed E-state index contributed by atoms with van der Waals surface area (Å²) in [6.45, 7) is -0.164. The Morgan fingerprint density at radius 3 is 2.83 bits per heavy atom. The molecule has 0 saturated heterocycles. The highest BCUT2D eigenvalue weighted by molar-refractivity contribution is 7.92. The van der Waals surface area contributed by atoms with E-state index < -0.39 is 10.0 Å². The molecule has 1 aromatic carbocycles. The topological polar surface area (TPSA) is 138 Å². The lowest BCUT2D eigenvalue weighted by Crippen LogP contribution is -2.20. The number of aromatic nitrogens is 5. The number of hydrogen-bond donors (Lipinski definition) is 2. The smallest absolute Gasteiger partial charge is 0.255 e. The number of nitrogens with zero attached hydrogens (tertiary/aromatic N) is 5. The number of para-hydroxylation sites is 2. The van der Waals surface area contributed by atoms with Crippen LogP contribution in [0.2, 0.25) is 0 Å². The number of fused-ring (bicyclic) bond motifs is 1. The number of anilines is 2. The molecule has 10 nitrogen and oxygen atoms in total.